The molecule has 1 rings (SSSR count). The fourth-order valence-electron chi connectivity index (χ4n) is 1.27. The van der Waals surface area contributed by atoms with Crippen LogP contribution in [0.1, 0.15) is 13.3 Å². The topological polar surface area (TPSA) is 64.3 Å². The molecule has 0 radical (unpaired) electrons. The van der Waals surface area contributed by atoms with Crippen LogP contribution in [-0.2, 0) is 9.53 Å². The molecule has 8 heteroatoms. The first-order chi connectivity index (χ1) is 9.20. The van der Waals surface area contributed by atoms with E-state index in [4.69, 9.17) is 17.3 Å². The Balaban J connectivity index is 2.41. The van der Waals surface area contributed by atoms with E-state index in [0.717, 1.165) is 6.92 Å². The Morgan fingerprint density at radius 3 is 2.70 bits per heavy atom. The van der Waals surface area contributed by atoms with Gasteiger partial charge in [0.25, 0.3) is 0 Å². The molecule has 1 atom stereocenters. The Morgan fingerprint density at radius 2 is 2.15 bits per heavy atom. The average molecular weight is 311 g/mol. The van der Waals surface area contributed by atoms with E-state index in [1.54, 1.807) is 6.07 Å². The maximum atomic E-state index is 12.2. The van der Waals surface area contributed by atoms with Gasteiger partial charge in [-0.05, 0) is 25.1 Å². The van der Waals surface area contributed by atoms with Crippen molar-refractivity contribution in [3.8, 4) is 0 Å². The number of nitrogen functional groups attached to an aromatic ring is 1. The van der Waals surface area contributed by atoms with Crippen molar-refractivity contribution in [2.45, 2.75) is 25.6 Å². The summed E-state index contributed by atoms with van der Waals surface area (Å²) in [6, 6.07) is 4.51. The number of hydrogen-bond donors (Lipinski definition) is 2. The Morgan fingerprint density at radius 1 is 1.50 bits per heavy atom. The van der Waals surface area contributed by atoms with E-state index in [9.17, 15) is 18.0 Å². The fourth-order valence-corrected chi connectivity index (χ4v) is 1.50. The van der Waals surface area contributed by atoms with E-state index in [1.165, 1.54) is 12.1 Å². The zero-order chi connectivity index (χ0) is 15.3. The van der Waals surface area contributed by atoms with E-state index >= 15 is 0 Å². The second-order valence-corrected chi connectivity index (χ2v) is 4.50. The van der Waals surface area contributed by atoms with Crippen LogP contribution in [0.15, 0.2) is 18.2 Å². The number of rotatable bonds is 5. The number of alkyl halides is 3. The number of hydrogen-bond acceptors (Lipinski definition) is 3. The summed E-state index contributed by atoms with van der Waals surface area (Å²) in [4.78, 5) is 11.5. The van der Waals surface area contributed by atoms with Crippen molar-refractivity contribution >= 4 is 28.9 Å². The largest absolute Gasteiger partial charge is 0.414 e. The van der Waals surface area contributed by atoms with Crippen LogP contribution in [0.25, 0.3) is 0 Å². The molecule has 1 aromatic carbocycles. The summed E-state index contributed by atoms with van der Waals surface area (Å²) in [6.07, 6.45) is -6.55. The second kappa shape index (κ2) is 6.81. The number of carbonyl (C=O) groups excluding carboxylic acids is 1. The van der Waals surface area contributed by atoms with Crippen LogP contribution >= 0.6 is 11.6 Å². The third-order valence-electron chi connectivity index (χ3n) is 2.43. The zero-order valence-electron chi connectivity index (χ0n) is 10.6. The molecule has 0 aliphatic heterocycles. The van der Waals surface area contributed by atoms with E-state index < -0.39 is 18.2 Å². The van der Waals surface area contributed by atoms with Gasteiger partial charge in [0, 0.05) is 5.69 Å². The first-order valence-corrected chi connectivity index (χ1v) is 6.11. The predicted molar refractivity (Wildman–Crippen MR) is 70.6 cm³/mol. The second-order valence-electron chi connectivity index (χ2n) is 4.09. The summed E-state index contributed by atoms with van der Waals surface area (Å²) < 4.78 is 41.0. The summed E-state index contributed by atoms with van der Waals surface area (Å²) in [5, 5.41) is 2.71. The Hall–Kier alpha value is -1.47. The molecule has 112 valence electrons. The lowest BCUT2D eigenvalue weighted by Gasteiger charge is -2.16. The SMILES string of the molecule is CC(OCCC(=O)Nc1ccc(N)cc1Cl)C(F)(F)F. The van der Waals surface area contributed by atoms with Gasteiger partial charge in [-0.15, -0.1) is 0 Å². The fraction of sp³-hybridized carbons (Fsp3) is 0.417. The predicted octanol–water partition coefficient (Wildman–Crippen LogP) is 3.22. The van der Waals surface area contributed by atoms with Crippen LogP contribution in [0.3, 0.4) is 0 Å². The summed E-state index contributed by atoms with van der Waals surface area (Å²) >= 11 is 5.84. The van der Waals surface area contributed by atoms with Crippen LogP contribution in [-0.4, -0.2) is 24.8 Å². The normalized spacial score (nSPS) is 13.1. The average Bonchev–Trinajstić information content (AvgIpc) is 2.31. The monoisotopic (exact) mass is 310 g/mol. The van der Waals surface area contributed by atoms with E-state index in [-0.39, 0.29) is 18.1 Å². The van der Waals surface area contributed by atoms with E-state index in [1.807, 2.05) is 0 Å². The van der Waals surface area contributed by atoms with Crippen molar-refractivity contribution in [2.24, 2.45) is 0 Å². The van der Waals surface area contributed by atoms with Gasteiger partial charge in [0.15, 0.2) is 6.10 Å². The van der Waals surface area contributed by atoms with Gasteiger partial charge < -0.3 is 15.8 Å². The maximum absolute atomic E-state index is 12.2. The lowest BCUT2D eigenvalue weighted by Crippen LogP contribution is -2.29. The Bertz CT molecular complexity index is 480. The zero-order valence-corrected chi connectivity index (χ0v) is 11.4. The molecule has 0 heterocycles. The molecule has 3 N–H and O–H groups in total. The van der Waals surface area contributed by atoms with Gasteiger partial charge in [0.05, 0.1) is 23.7 Å². The number of amides is 1. The molecule has 0 saturated carbocycles. The highest BCUT2D eigenvalue weighted by Gasteiger charge is 2.36. The van der Waals surface area contributed by atoms with E-state index in [0.29, 0.717) is 11.4 Å². The molecule has 4 nitrogen and oxygen atoms in total. The first kappa shape index (κ1) is 16.6. The highest BCUT2D eigenvalue weighted by atomic mass is 35.5. The third-order valence-corrected chi connectivity index (χ3v) is 2.74. The Kier molecular flexibility index (Phi) is 5.64. The van der Waals surface area contributed by atoms with Crippen molar-refractivity contribution in [3.05, 3.63) is 23.2 Å². The number of anilines is 2. The molecule has 0 aromatic heterocycles. The number of ether oxygens (including phenoxy) is 1. The lowest BCUT2D eigenvalue weighted by atomic mass is 10.2. The van der Waals surface area contributed by atoms with Gasteiger partial charge in [0.2, 0.25) is 5.91 Å². The number of benzene rings is 1. The minimum atomic E-state index is -4.43. The van der Waals surface area contributed by atoms with Crippen LogP contribution < -0.4 is 11.1 Å². The molecular weight excluding hydrogens is 297 g/mol. The highest BCUT2D eigenvalue weighted by Crippen LogP contribution is 2.24. The molecule has 1 aromatic rings. The first-order valence-electron chi connectivity index (χ1n) is 5.73. The van der Waals surface area contributed by atoms with Crippen LogP contribution in [0.4, 0.5) is 24.5 Å². The van der Waals surface area contributed by atoms with Gasteiger partial charge in [0.1, 0.15) is 0 Å². The van der Waals surface area contributed by atoms with Crippen LogP contribution in [0.2, 0.25) is 5.02 Å². The Labute approximate surface area is 119 Å². The smallest absolute Gasteiger partial charge is 0.399 e. The van der Waals surface area contributed by atoms with Gasteiger partial charge in [-0.25, -0.2) is 0 Å². The van der Waals surface area contributed by atoms with Crippen molar-refractivity contribution in [2.75, 3.05) is 17.7 Å². The minimum Gasteiger partial charge on any atom is -0.399 e. The van der Waals surface area contributed by atoms with Gasteiger partial charge in [-0.3, -0.25) is 4.79 Å². The van der Waals surface area contributed by atoms with Crippen molar-refractivity contribution in [1.82, 2.24) is 0 Å². The third kappa shape index (κ3) is 5.26. The summed E-state index contributed by atoms with van der Waals surface area (Å²) in [6.45, 7) is 0.549. The molecule has 0 fully saturated rings. The van der Waals surface area contributed by atoms with Crippen LogP contribution in [0.5, 0.6) is 0 Å². The summed E-state index contributed by atoms with van der Waals surface area (Å²) in [5.74, 6) is -0.494. The molecular formula is C12H14ClF3N2O2. The number of nitrogens with two attached hydrogens (primary N) is 1. The minimum absolute atomic E-state index is 0.207. The molecule has 0 bridgehead atoms. The molecule has 0 spiro atoms. The molecule has 0 aliphatic carbocycles. The standard InChI is InChI=1S/C12H14ClF3N2O2/c1-7(12(14,15)16)20-5-4-11(19)18-10-3-2-8(17)6-9(10)13/h2-3,6-7H,4-5,17H2,1H3,(H,18,19). The summed E-state index contributed by atoms with van der Waals surface area (Å²) in [5.41, 5.74) is 6.27. The number of nitrogens with one attached hydrogen (secondary N) is 1. The maximum Gasteiger partial charge on any atom is 0.414 e. The van der Waals surface area contributed by atoms with E-state index in [2.05, 4.69) is 10.1 Å². The highest BCUT2D eigenvalue weighted by molar-refractivity contribution is 6.34. The van der Waals surface area contributed by atoms with Gasteiger partial charge in [-0.1, -0.05) is 11.6 Å². The molecule has 0 saturated heterocycles. The van der Waals surface area contributed by atoms with Crippen molar-refractivity contribution in [3.63, 3.8) is 0 Å². The van der Waals surface area contributed by atoms with Crippen molar-refractivity contribution in [1.29, 1.82) is 0 Å². The molecule has 0 aliphatic rings. The summed E-state index contributed by atoms with van der Waals surface area (Å²) in [7, 11) is 0. The van der Waals surface area contributed by atoms with Crippen LogP contribution in [0, 0.1) is 0 Å². The van der Waals surface area contributed by atoms with Gasteiger partial charge >= 0.3 is 6.18 Å². The lowest BCUT2D eigenvalue weighted by molar-refractivity contribution is -0.214. The molecule has 1 amide bonds. The molecule has 1 unspecified atom stereocenters. The number of halogens is 4. The quantitative estimate of drug-likeness (QED) is 0.821. The van der Waals surface area contributed by atoms with Crippen molar-refractivity contribution < 1.29 is 22.7 Å². The molecule has 20 heavy (non-hydrogen) atoms. The van der Waals surface area contributed by atoms with Gasteiger partial charge in [-0.2, -0.15) is 13.2 Å². The number of carbonyl (C=O) groups is 1.